The van der Waals surface area contributed by atoms with Crippen LogP contribution in [0.5, 0.6) is 0 Å². The van der Waals surface area contributed by atoms with E-state index < -0.39 is 35.0 Å². The molecule has 0 spiro atoms. The number of carbonyl (C=O) groups is 3. The van der Waals surface area contributed by atoms with Gasteiger partial charge in [0.05, 0.1) is 0 Å². The Morgan fingerprint density at radius 1 is 1.35 bits per heavy atom. The molecule has 2 unspecified atom stereocenters. The average molecular weight is 523 g/mol. The largest absolute Gasteiger partial charge is 0.477 e. The van der Waals surface area contributed by atoms with Crippen molar-refractivity contribution in [1.82, 2.24) is 20.4 Å². The van der Waals surface area contributed by atoms with Crippen molar-refractivity contribution in [3.05, 3.63) is 52.2 Å². The summed E-state index contributed by atoms with van der Waals surface area (Å²) in [6.45, 7) is 3.61. The molecule has 0 bridgehead atoms. The minimum absolute atomic E-state index is 0.101. The van der Waals surface area contributed by atoms with Gasteiger partial charge in [-0.15, -0.1) is 22.0 Å². The van der Waals surface area contributed by atoms with Gasteiger partial charge in [-0.25, -0.2) is 4.79 Å². The molecule has 1 aromatic carbocycles. The highest BCUT2D eigenvalue weighted by Crippen LogP contribution is 2.47. The van der Waals surface area contributed by atoms with E-state index in [1.54, 1.807) is 37.3 Å². The Morgan fingerprint density at radius 2 is 2.09 bits per heavy atom. The maximum absolute atomic E-state index is 13.3. The summed E-state index contributed by atoms with van der Waals surface area (Å²) >= 11 is 4.07. The molecular weight excluding hydrogens is 500 g/mol. The van der Waals surface area contributed by atoms with Crippen LogP contribution in [0.2, 0.25) is 0 Å². The summed E-state index contributed by atoms with van der Waals surface area (Å²) < 4.78 is 6.42. The van der Waals surface area contributed by atoms with E-state index in [-0.39, 0.29) is 12.3 Å². The summed E-state index contributed by atoms with van der Waals surface area (Å²) in [6.07, 6.45) is -1.51. The fourth-order valence-electron chi connectivity index (χ4n) is 3.74. The third-order valence-electron chi connectivity index (χ3n) is 5.23. The zero-order chi connectivity index (χ0) is 24.5. The number of carboxylic acid groups (broad SMARTS) is 1. The van der Waals surface area contributed by atoms with Crippen LogP contribution < -0.4 is 5.32 Å². The fourth-order valence-corrected chi connectivity index (χ4v) is 7.10. The van der Waals surface area contributed by atoms with Crippen LogP contribution in [0.1, 0.15) is 23.6 Å². The topological polar surface area (TPSA) is 142 Å². The molecule has 1 aromatic heterocycles. The van der Waals surface area contributed by atoms with E-state index in [0.717, 1.165) is 9.91 Å². The number of hydrogen-bond donors (Lipinski definition) is 3. The minimum Gasteiger partial charge on any atom is -0.477 e. The summed E-state index contributed by atoms with van der Waals surface area (Å²) in [4.78, 5) is 39.4. The maximum atomic E-state index is 13.3. The molecular formula is C21H22N4O6S3. The average Bonchev–Trinajstić information content (AvgIpc) is 3.26. The molecule has 2 aliphatic heterocycles. The van der Waals surface area contributed by atoms with Gasteiger partial charge in [0.2, 0.25) is 0 Å². The van der Waals surface area contributed by atoms with Crippen molar-refractivity contribution in [3.8, 4) is 0 Å². The molecule has 2 amide bonds. The molecule has 4 rings (SSSR count). The number of benzene rings is 1. The van der Waals surface area contributed by atoms with Gasteiger partial charge in [-0.1, -0.05) is 53.4 Å². The van der Waals surface area contributed by atoms with Crippen LogP contribution >= 0.6 is 34.9 Å². The molecule has 1 saturated heterocycles. The summed E-state index contributed by atoms with van der Waals surface area (Å²) in [5.74, 6) is -2.06. The lowest BCUT2D eigenvalue weighted by Crippen LogP contribution is -2.81. The SMILES string of the molecule is CCOC1(NC(=O)C(O)c2ccccc2)C(=O)N2C(C(=O)O)=C(CSc3nnc(C)s3)CS[C@@H]21. The number of rotatable bonds is 9. The number of nitrogens with zero attached hydrogens (tertiary/aromatic N) is 3. The lowest BCUT2D eigenvalue weighted by Gasteiger charge is -2.56. The number of fused-ring (bicyclic) bond motifs is 1. The standard InChI is InChI=1S/C21H22N4O6S3/c1-3-31-21(22-16(27)15(26)12-7-5-4-6-8-12)18(30)25-14(17(28)29)13(9-32-19(21)25)10-33-20-24-23-11(2)34-20/h4-8,15,19,26H,3,9-10H2,1-2H3,(H,22,27)(H,28,29)/t15?,19-,21?/m1/s1. The molecule has 0 aliphatic carbocycles. The predicted octanol–water partition coefficient (Wildman–Crippen LogP) is 1.78. The van der Waals surface area contributed by atoms with Crippen LogP contribution in [-0.2, 0) is 19.1 Å². The molecule has 13 heteroatoms. The number of amides is 2. The Bertz CT molecular complexity index is 1140. The Morgan fingerprint density at radius 3 is 2.71 bits per heavy atom. The molecule has 0 saturated carbocycles. The normalized spacial score (nSPS) is 22.7. The van der Waals surface area contributed by atoms with Crippen molar-refractivity contribution in [3.63, 3.8) is 0 Å². The van der Waals surface area contributed by atoms with Gasteiger partial charge in [0.15, 0.2) is 10.4 Å². The molecule has 0 radical (unpaired) electrons. The molecule has 180 valence electrons. The van der Waals surface area contributed by atoms with Crippen molar-refractivity contribution in [2.75, 3.05) is 18.1 Å². The number of carboxylic acids is 1. The third kappa shape index (κ3) is 4.45. The number of aryl methyl sites for hydroxylation is 1. The van der Waals surface area contributed by atoms with Gasteiger partial charge in [-0.05, 0) is 25.0 Å². The first-order valence-electron chi connectivity index (χ1n) is 10.3. The van der Waals surface area contributed by atoms with E-state index >= 15 is 0 Å². The number of thioether (sulfide) groups is 2. The molecule has 10 nitrogen and oxygen atoms in total. The van der Waals surface area contributed by atoms with Gasteiger partial charge in [0, 0.05) is 18.1 Å². The zero-order valence-electron chi connectivity index (χ0n) is 18.3. The van der Waals surface area contributed by atoms with Crippen LogP contribution in [0.3, 0.4) is 0 Å². The van der Waals surface area contributed by atoms with Crippen molar-refractivity contribution in [2.24, 2.45) is 0 Å². The molecule has 3 atom stereocenters. The number of aromatic nitrogens is 2. The van der Waals surface area contributed by atoms with Crippen LogP contribution in [-0.4, -0.2) is 72.3 Å². The lowest BCUT2D eigenvalue weighted by molar-refractivity contribution is -0.198. The van der Waals surface area contributed by atoms with Gasteiger partial charge in [0.1, 0.15) is 16.1 Å². The predicted molar refractivity (Wildman–Crippen MR) is 127 cm³/mol. The number of aliphatic carboxylic acids is 1. The Hall–Kier alpha value is -2.45. The quantitative estimate of drug-likeness (QED) is 0.253. The van der Waals surface area contributed by atoms with E-state index in [0.29, 0.717) is 27.0 Å². The number of aliphatic hydroxyl groups is 1. The first-order valence-corrected chi connectivity index (χ1v) is 13.2. The molecule has 3 N–H and O–H groups in total. The summed E-state index contributed by atoms with van der Waals surface area (Å²) in [6, 6.07) is 8.31. The van der Waals surface area contributed by atoms with Gasteiger partial charge in [-0.3, -0.25) is 14.5 Å². The van der Waals surface area contributed by atoms with E-state index in [1.165, 1.54) is 34.9 Å². The minimum atomic E-state index is -1.76. The number of β-lactam (4-membered cyclic amide) rings is 1. The van der Waals surface area contributed by atoms with Crippen LogP contribution in [0, 0.1) is 6.92 Å². The molecule has 3 heterocycles. The summed E-state index contributed by atoms with van der Waals surface area (Å²) in [5, 5.41) is 30.9. The Kier molecular flexibility index (Phi) is 7.28. The van der Waals surface area contributed by atoms with Crippen LogP contribution in [0.15, 0.2) is 45.9 Å². The highest BCUT2D eigenvalue weighted by atomic mass is 32.2. The molecule has 2 aliphatic rings. The summed E-state index contributed by atoms with van der Waals surface area (Å²) in [7, 11) is 0. The van der Waals surface area contributed by atoms with Crippen molar-refractivity contribution in [2.45, 2.75) is 35.4 Å². The van der Waals surface area contributed by atoms with Gasteiger partial charge in [0.25, 0.3) is 17.5 Å². The second-order valence-corrected chi connectivity index (χ2v) is 10.9. The van der Waals surface area contributed by atoms with Gasteiger partial charge >= 0.3 is 5.97 Å². The number of hydrogen-bond acceptors (Lipinski definition) is 10. The highest BCUT2D eigenvalue weighted by molar-refractivity contribution is 8.01. The lowest BCUT2D eigenvalue weighted by atomic mass is 9.97. The Balaban J connectivity index is 1.56. The fraction of sp³-hybridized carbons (Fsp3) is 0.381. The van der Waals surface area contributed by atoms with Gasteiger partial charge < -0.3 is 20.3 Å². The molecule has 34 heavy (non-hydrogen) atoms. The van der Waals surface area contributed by atoms with Crippen LogP contribution in [0.25, 0.3) is 0 Å². The second-order valence-electron chi connectivity index (χ2n) is 7.44. The monoisotopic (exact) mass is 522 g/mol. The third-order valence-corrected chi connectivity index (χ3v) is 8.67. The summed E-state index contributed by atoms with van der Waals surface area (Å²) in [5.41, 5.74) is -0.942. The number of carbonyl (C=O) groups excluding carboxylic acids is 2. The van der Waals surface area contributed by atoms with E-state index in [1.807, 2.05) is 6.92 Å². The van der Waals surface area contributed by atoms with E-state index in [4.69, 9.17) is 4.74 Å². The second kappa shape index (κ2) is 10.0. The highest BCUT2D eigenvalue weighted by Gasteiger charge is 2.67. The smallest absolute Gasteiger partial charge is 0.352 e. The molecule has 1 fully saturated rings. The van der Waals surface area contributed by atoms with Gasteiger partial charge in [-0.2, -0.15) is 0 Å². The van der Waals surface area contributed by atoms with Crippen molar-refractivity contribution >= 4 is 52.6 Å². The number of aliphatic hydroxyl groups excluding tert-OH is 1. The zero-order valence-corrected chi connectivity index (χ0v) is 20.7. The first-order chi connectivity index (χ1) is 16.3. The first kappa shape index (κ1) is 24.7. The Labute approximate surface area is 207 Å². The number of ether oxygens (including phenoxy) is 1. The van der Waals surface area contributed by atoms with Crippen molar-refractivity contribution < 1.29 is 29.3 Å². The number of nitrogens with one attached hydrogen (secondary N) is 1. The van der Waals surface area contributed by atoms with Crippen molar-refractivity contribution in [1.29, 1.82) is 0 Å². The molecule has 2 aromatic rings. The van der Waals surface area contributed by atoms with E-state index in [2.05, 4.69) is 15.5 Å². The van der Waals surface area contributed by atoms with E-state index in [9.17, 15) is 24.6 Å². The van der Waals surface area contributed by atoms with Crippen LogP contribution in [0.4, 0.5) is 0 Å². The maximum Gasteiger partial charge on any atom is 0.352 e.